The van der Waals surface area contributed by atoms with E-state index in [1.807, 2.05) is 39.8 Å². The molecule has 1 aromatic carbocycles. The molecule has 0 saturated carbocycles. The summed E-state index contributed by atoms with van der Waals surface area (Å²) in [5.74, 6) is 0.311. The number of likely N-dealkylation sites (tertiary alicyclic amines) is 1. The van der Waals surface area contributed by atoms with Crippen molar-refractivity contribution in [3.63, 3.8) is 0 Å². The van der Waals surface area contributed by atoms with Gasteiger partial charge in [0.25, 0.3) is 0 Å². The Balaban J connectivity index is 1.86. The topological polar surface area (TPSA) is 59.0 Å². The molecule has 2 aliphatic heterocycles. The molecule has 5 nitrogen and oxygen atoms in total. The van der Waals surface area contributed by atoms with E-state index in [4.69, 9.17) is 9.47 Å². The quantitative estimate of drug-likeness (QED) is 0.800. The average molecular weight is 305 g/mol. The van der Waals surface area contributed by atoms with Crippen LogP contribution in [0.3, 0.4) is 0 Å². The van der Waals surface area contributed by atoms with E-state index >= 15 is 0 Å². The van der Waals surface area contributed by atoms with E-state index in [1.54, 1.807) is 11.0 Å². The van der Waals surface area contributed by atoms with E-state index in [9.17, 15) is 9.90 Å². The van der Waals surface area contributed by atoms with Gasteiger partial charge >= 0.3 is 6.09 Å². The van der Waals surface area contributed by atoms with Crippen molar-refractivity contribution in [1.29, 1.82) is 0 Å². The highest BCUT2D eigenvalue weighted by Gasteiger charge is 2.50. The predicted octanol–water partition coefficient (Wildman–Crippen LogP) is 3.02. The minimum absolute atomic E-state index is 0.0517. The maximum atomic E-state index is 12.3. The number of aromatic hydroxyl groups is 1. The van der Waals surface area contributed by atoms with Crippen molar-refractivity contribution >= 4 is 6.09 Å². The third kappa shape index (κ3) is 2.54. The van der Waals surface area contributed by atoms with Crippen LogP contribution in [0.5, 0.6) is 5.75 Å². The van der Waals surface area contributed by atoms with Gasteiger partial charge in [0, 0.05) is 18.0 Å². The summed E-state index contributed by atoms with van der Waals surface area (Å²) in [6.45, 7) is 9.02. The molecule has 5 heteroatoms. The molecule has 1 N–H and O–H groups in total. The summed E-state index contributed by atoms with van der Waals surface area (Å²) < 4.78 is 11.5. The highest BCUT2D eigenvalue weighted by atomic mass is 16.6. The van der Waals surface area contributed by atoms with Crippen LogP contribution in [0.1, 0.15) is 44.7 Å². The van der Waals surface area contributed by atoms with Crippen LogP contribution in [0.4, 0.5) is 4.79 Å². The first-order valence-corrected chi connectivity index (χ1v) is 7.62. The second-order valence-electron chi connectivity index (χ2n) is 7.36. The molecule has 0 aliphatic carbocycles. The monoisotopic (exact) mass is 305 g/mol. The zero-order valence-corrected chi connectivity index (χ0v) is 13.5. The van der Waals surface area contributed by atoms with Crippen LogP contribution in [0.15, 0.2) is 18.2 Å². The minimum Gasteiger partial charge on any atom is -0.508 e. The minimum atomic E-state index is -0.511. The van der Waals surface area contributed by atoms with Crippen LogP contribution >= 0.6 is 0 Å². The molecule has 0 radical (unpaired) electrons. The third-order valence-corrected chi connectivity index (χ3v) is 4.41. The van der Waals surface area contributed by atoms with Crippen molar-refractivity contribution in [2.24, 2.45) is 0 Å². The van der Waals surface area contributed by atoms with Gasteiger partial charge in [-0.05, 0) is 39.3 Å². The number of amides is 1. The first-order chi connectivity index (χ1) is 10.2. The fraction of sp³-hybridized carbons (Fsp3) is 0.588. The number of fused-ring (bicyclic) bond motifs is 3. The molecule has 0 aromatic heterocycles. The third-order valence-electron chi connectivity index (χ3n) is 4.41. The van der Waals surface area contributed by atoms with Gasteiger partial charge in [0.15, 0.2) is 0 Å². The van der Waals surface area contributed by atoms with Crippen LogP contribution < -0.4 is 0 Å². The highest BCUT2D eigenvalue weighted by molar-refractivity contribution is 5.69. The van der Waals surface area contributed by atoms with Gasteiger partial charge in [-0.15, -0.1) is 0 Å². The number of nitrogens with zero attached hydrogens (tertiary/aromatic N) is 1. The van der Waals surface area contributed by atoms with Gasteiger partial charge in [0.05, 0.1) is 18.8 Å². The highest BCUT2D eigenvalue weighted by Crippen LogP contribution is 2.46. The van der Waals surface area contributed by atoms with Crippen molar-refractivity contribution in [2.75, 3.05) is 13.1 Å². The van der Waals surface area contributed by atoms with Crippen molar-refractivity contribution < 1.29 is 19.4 Å². The summed E-state index contributed by atoms with van der Waals surface area (Å²) in [6, 6.07) is 5.53. The zero-order chi connectivity index (χ0) is 16.1. The average Bonchev–Trinajstić information content (AvgIpc) is 2.75. The molecule has 3 rings (SSSR count). The Morgan fingerprint density at radius 3 is 2.86 bits per heavy atom. The normalized spacial score (nSPS) is 27.3. The molecule has 1 saturated heterocycles. The van der Waals surface area contributed by atoms with Gasteiger partial charge in [-0.2, -0.15) is 0 Å². The summed E-state index contributed by atoms with van der Waals surface area (Å²) in [7, 11) is 0. The van der Waals surface area contributed by atoms with Gasteiger partial charge in [-0.1, -0.05) is 12.1 Å². The molecule has 1 fully saturated rings. The molecule has 2 atom stereocenters. The molecule has 120 valence electrons. The smallest absolute Gasteiger partial charge is 0.410 e. The fourth-order valence-electron chi connectivity index (χ4n) is 3.32. The number of carbonyl (C=O) groups is 1. The molecular formula is C17H23NO4. The Hall–Kier alpha value is -1.75. The van der Waals surface area contributed by atoms with Gasteiger partial charge in [0.2, 0.25) is 0 Å². The lowest BCUT2D eigenvalue weighted by molar-refractivity contribution is -0.0582. The number of hydrogen-bond acceptors (Lipinski definition) is 4. The van der Waals surface area contributed by atoms with Crippen LogP contribution in [-0.4, -0.2) is 40.4 Å². The van der Waals surface area contributed by atoms with Crippen molar-refractivity contribution in [3.8, 4) is 5.75 Å². The van der Waals surface area contributed by atoms with E-state index in [0.29, 0.717) is 19.7 Å². The summed E-state index contributed by atoms with van der Waals surface area (Å²) in [5, 5.41) is 10.0. The van der Waals surface area contributed by atoms with Gasteiger partial charge in [-0.3, -0.25) is 0 Å². The molecule has 0 spiro atoms. The Kier molecular flexibility index (Phi) is 3.36. The lowest BCUT2D eigenvalue weighted by Crippen LogP contribution is -2.41. The van der Waals surface area contributed by atoms with Crippen molar-refractivity contribution in [2.45, 2.75) is 51.4 Å². The van der Waals surface area contributed by atoms with E-state index in [2.05, 4.69) is 0 Å². The number of rotatable bonds is 0. The lowest BCUT2D eigenvalue weighted by atomic mass is 9.81. The lowest BCUT2D eigenvalue weighted by Gasteiger charge is -2.36. The van der Waals surface area contributed by atoms with Crippen LogP contribution in [-0.2, 0) is 16.1 Å². The Labute approximate surface area is 130 Å². The molecule has 0 bridgehead atoms. The van der Waals surface area contributed by atoms with Gasteiger partial charge in [-0.25, -0.2) is 4.79 Å². The first-order valence-electron chi connectivity index (χ1n) is 7.62. The summed E-state index contributed by atoms with van der Waals surface area (Å²) in [6.07, 6.45) is -0.312. The standard InChI is InChI=1S/C17H23NO4/c1-16(2,3)22-15(20)18-8-13-11-6-5-7-14(19)12(11)9-21-17(13,4)10-18/h5-7,13,19H,8-10H2,1-4H3. The van der Waals surface area contributed by atoms with Crippen LogP contribution in [0.25, 0.3) is 0 Å². The summed E-state index contributed by atoms with van der Waals surface area (Å²) in [4.78, 5) is 14.0. The molecule has 22 heavy (non-hydrogen) atoms. The number of benzene rings is 1. The SMILES string of the molecule is CC(C)(C)OC(=O)N1CC2c3cccc(O)c3COC2(C)C1. The molecule has 2 heterocycles. The molecule has 2 unspecified atom stereocenters. The van der Waals surface area contributed by atoms with E-state index in [-0.39, 0.29) is 17.8 Å². The largest absolute Gasteiger partial charge is 0.508 e. The summed E-state index contributed by atoms with van der Waals surface area (Å²) in [5.41, 5.74) is 0.955. The maximum Gasteiger partial charge on any atom is 0.410 e. The molecule has 1 amide bonds. The number of ether oxygens (including phenoxy) is 2. The zero-order valence-electron chi connectivity index (χ0n) is 13.5. The Morgan fingerprint density at radius 2 is 2.18 bits per heavy atom. The second kappa shape index (κ2) is 4.88. The van der Waals surface area contributed by atoms with Crippen LogP contribution in [0, 0.1) is 0 Å². The van der Waals surface area contributed by atoms with Gasteiger partial charge in [0.1, 0.15) is 11.4 Å². The number of hydrogen-bond donors (Lipinski definition) is 1. The van der Waals surface area contributed by atoms with E-state index < -0.39 is 11.2 Å². The molecular weight excluding hydrogens is 282 g/mol. The Bertz CT molecular complexity index is 607. The fourth-order valence-corrected chi connectivity index (χ4v) is 3.32. The Morgan fingerprint density at radius 1 is 1.45 bits per heavy atom. The maximum absolute atomic E-state index is 12.3. The van der Waals surface area contributed by atoms with Gasteiger partial charge < -0.3 is 19.5 Å². The number of carbonyl (C=O) groups excluding carboxylic acids is 1. The number of phenols is 1. The summed E-state index contributed by atoms with van der Waals surface area (Å²) >= 11 is 0. The van der Waals surface area contributed by atoms with E-state index in [1.165, 1.54) is 0 Å². The first kappa shape index (κ1) is 15.2. The van der Waals surface area contributed by atoms with Crippen molar-refractivity contribution in [1.82, 2.24) is 4.90 Å². The number of phenolic OH excluding ortho intramolecular Hbond substituents is 1. The molecule has 2 aliphatic rings. The van der Waals surface area contributed by atoms with Crippen LogP contribution in [0.2, 0.25) is 0 Å². The predicted molar refractivity (Wildman–Crippen MR) is 81.8 cm³/mol. The molecule has 1 aromatic rings. The van der Waals surface area contributed by atoms with Crippen molar-refractivity contribution in [3.05, 3.63) is 29.3 Å². The second-order valence-corrected chi connectivity index (χ2v) is 7.36. The van der Waals surface area contributed by atoms with E-state index in [0.717, 1.165) is 11.1 Å².